The van der Waals surface area contributed by atoms with Gasteiger partial charge < -0.3 is 14.8 Å². The lowest BCUT2D eigenvalue weighted by molar-refractivity contribution is 0.0929. The van der Waals surface area contributed by atoms with Crippen molar-refractivity contribution >= 4 is 5.91 Å². The van der Waals surface area contributed by atoms with Crippen LogP contribution in [-0.2, 0) is 0 Å². The fourth-order valence-corrected chi connectivity index (χ4v) is 3.50. The van der Waals surface area contributed by atoms with E-state index in [0.717, 1.165) is 22.6 Å². The highest BCUT2D eigenvalue weighted by atomic mass is 19.1. The first-order valence-electron chi connectivity index (χ1n) is 9.32. The average molecular weight is 379 g/mol. The minimum Gasteiger partial charge on any atom is -0.344 e. The highest BCUT2D eigenvalue weighted by Crippen LogP contribution is 2.22. The molecule has 2 aromatic carbocycles. The second-order valence-corrected chi connectivity index (χ2v) is 7.30. The molecule has 3 rings (SSSR count). The first-order chi connectivity index (χ1) is 13.4. The number of benzene rings is 2. The number of nitrogens with zero attached hydrogens (tertiary/aromatic N) is 2. The summed E-state index contributed by atoms with van der Waals surface area (Å²) in [5, 5.41) is 3.17. The van der Waals surface area contributed by atoms with Crippen molar-refractivity contribution < 1.29 is 9.18 Å². The summed E-state index contributed by atoms with van der Waals surface area (Å²) in [5.41, 5.74) is 4.29. The normalized spacial score (nSPS) is 12.2. The topological polar surface area (TPSA) is 37.3 Å². The molecule has 0 saturated heterocycles. The van der Waals surface area contributed by atoms with E-state index in [1.165, 1.54) is 12.1 Å². The maximum Gasteiger partial charge on any atom is 0.253 e. The van der Waals surface area contributed by atoms with Crippen LogP contribution in [-0.4, -0.2) is 36.0 Å². The molecule has 0 radical (unpaired) electrons. The van der Waals surface area contributed by atoms with Crippen LogP contribution in [0.25, 0.3) is 5.69 Å². The molecule has 4 nitrogen and oxygen atoms in total. The van der Waals surface area contributed by atoms with Gasteiger partial charge in [-0.15, -0.1) is 0 Å². The van der Waals surface area contributed by atoms with Crippen molar-refractivity contribution in [2.75, 3.05) is 20.6 Å². The van der Waals surface area contributed by atoms with Gasteiger partial charge in [0.25, 0.3) is 5.91 Å². The maximum atomic E-state index is 13.3. The molecular formula is C23H26FN3O. The molecule has 0 fully saturated rings. The molecule has 1 aromatic heterocycles. The Morgan fingerprint density at radius 3 is 2.32 bits per heavy atom. The number of carbonyl (C=O) groups is 1. The van der Waals surface area contributed by atoms with Gasteiger partial charge in [-0.2, -0.15) is 0 Å². The van der Waals surface area contributed by atoms with E-state index in [1.54, 1.807) is 12.1 Å². The van der Waals surface area contributed by atoms with Crippen LogP contribution < -0.4 is 5.32 Å². The zero-order valence-electron chi connectivity index (χ0n) is 16.7. The summed E-state index contributed by atoms with van der Waals surface area (Å²) in [6.07, 6.45) is 0. The lowest BCUT2D eigenvalue weighted by atomic mass is 10.1. The van der Waals surface area contributed by atoms with E-state index in [9.17, 15) is 9.18 Å². The molecule has 5 heteroatoms. The highest BCUT2D eigenvalue weighted by Gasteiger charge is 2.21. The van der Waals surface area contributed by atoms with Gasteiger partial charge in [0.15, 0.2) is 0 Å². The average Bonchev–Trinajstić information content (AvgIpc) is 2.97. The molecule has 1 amide bonds. The van der Waals surface area contributed by atoms with Crippen molar-refractivity contribution in [3.8, 4) is 5.69 Å². The van der Waals surface area contributed by atoms with E-state index in [1.807, 2.05) is 68.9 Å². The Morgan fingerprint density at radius 1 is 1.07 bits per heavy atom. The minimum absolute atomic E-state index is 0.113. The molecule has 0 aliphatic carbocycles. The first kappa shape index (κ1) is 19.8. The molecule has 0 bridgehead atoms. The Balaban J connectivity index is 1.89. The smallest absolute Gasteiger partial charge is 0.253 e. The number of nitrogens with one attached hydrogen (secondary N) is 1. The fourth-order valence-electron chi connectivity index (χ4n) is 3.50. The third-order valence-electron chi connectivity index (χ3n) is 4.82. The largest absolute Gasteiger partial charge is 0.344 e. The van der Waals surface area contributed by atoms with Crippen LogP contribution in [0.4, 0.5) is 4.39 Å². The highest BCUT2D eigenvalue weighted by molar-refractivity contribution is 5.96. The van der Waals surface area contributed by atoms with E-state index >= 15 is 0 Å². The van der Waals surface area contributed by atoms with Gasteiger partial charge in [-0.1, -0.05) is 30.3 Å². The van der Waals surface area contributed by atoms with Gasteiger partial charge in [0.2, 0.25) is 0 Å². The van der Waals surface area contributed by atoms with Crippen molar-refractivity contribution in [3.63, 3.8) is 0 Å². The Labute approximate surface area is 165 Å². The predicted octanol–water partition coefficient (Wildman–Crippen LogP) is 4.27. The Morgan fingerprint density at radius 2 is 1.71 bits per heavy atom. The van der Waals surface area contributed by atoms with E-state index in [2.05, 4.69) is 10.2 Å². The summed E-state index contributed by atoms with van der Waals surface area (Å²) in [6.45, 7) is 4.56. The van der Waals surface area contributed by atoms with Crippen LogP contribution in [0.5, 0.6) is 0 Å². The van der Waals surface area contributed by atoms with Crippen molar-refractivity contribution in [2.45, 2.75) is 19.9 Å². The molecule has 146 valence electrons. The van der Waals surface area contributed by atoms with Crippen molar-refractivity contribution in [1.82, 2.24) is 14.8 Å². The van der Waals surface area contributed by atoms with Crippen molar-refractivity contribution in [2.24, 2.45) is 0 Å². The third kappa shape index (κ3) is 4.31. The van der Waals surface area contributed by atoms with Gasteiger partial charge in [0.05, 0.1) is 11.6 Å². The van der Waals surface area contributed by atoms with Crippen LogP contribution in [0.1, 0.15) is 33.4 Å². The van der Waals surface area contributed by atoms with E-state index in [0.29, 0.717) is 12.1 Å². The Hall–Kier alpha value is -2.92. The molecule has 1 heterocycles. The van der Waals surface area contributed by atoms with Crippen molar-refractivity contribution in [1.29, 1.82) is 0 Å². The van der Waals surface area contributed by atoms with Crippen LogP contribution in [0.2, 0.25) is 0 Å². The number of hydrogen-bond acceptors (Lipinski definition) is 2. The number of aromatic nitrogens is 1. The molecule has 1 N–H and O–H groups in total. The number of likely N-dealkylation sites (N-methyl/N-ethyl adjacent to an activating group) is 1. The Bertz CT molecular complexity index is 946. The second kappa shape index (κ2) is 8.40. The van der Waals surface area contributed by atoms with Crippen LogP contribution in [0, 0.1) is 19.7 Å². The minimum atomic E-state index is -0.279. The first-order valence-corrected chi connectivity index (χ1v) is 9.32. The van der Waals surface area contributed by atoms with Gasteiger partial charge in [-0.3, -0.25) is 4.79 Å². The van der Waals surface area contributed by atoms with Gasteiger partial charge in [0.1, 0.15) is 5.82 Å². The van der Waals surface area contributed by atoms with Crippen LogP contribution >= 0.6 is 0 Å². The maximum absolute atomic E-state index is 13.3. The Kier molecular flexibility index (Phi) is 5.95. The zero-order valence-corrected chi connectivity index (χ0v) is 16.7. The number of hydrogen-bond donors (Lipinski definition) is 1. The molecule has 1 unspecified atom stereocenters. The van der Waals surface area contributed by atoms with Crippen LogP contribution in [0.3, 0.4) is 0 Å². The molecule has 0 spiro atoms. The molecule has 0 aliphatic heterocycles. The number of carbonyl (C=O) groups excluding carboxylic acids is 1. The number of rotatable bonds is 6. The van der Waals surface area contributed by atoms with Gasteiger partial charge >= 0.3 is 0 Å². The summed E-state index contributed by atoms with van der Waals surface area (Å²) >= 11 is 0. The van der Waals surface area contributed by atoms with E-state index < -0.39 is 0 Å². The monoisotopic (exact) mass is 379 g/mol. The predicted molar refractivity (Wildman–Crippen MR) is 110 cm³/mol. The SMILES string of the molecule is Cc1cc(C(=O)NC(CN(C)C)c2ccccc2)c(C)n1-c1ccc(F)cc1. The number of amides is 1. The lowest BCUT2D eigenvalue weighted by Gasteiger charge is -2.23. The third-order valence-corrected chi connectivity index (χ3v) is 4.82. The van der Waals surface area contributed by atoms with Gasteiger partial charge in [0, 0.05) is 23.6 Å². The summed E-state index contributed by atoms with van der Waals surface area (Å²) in [7, 11) is 3.98. The van der Waals surface area contributed by atoms with E-state index in [-0.39, 0.29) is 17.8 Å². The molecular weight excluding hydrogens is 353 g/mol. The van der Waals surface area contributed by atoms with E-state index in [4.69, 9.17) is 0 Å². The molecule has 3 aromatic rings. The summed E-state index contributed by atoms with van der Waals surface area (Å²) < 4.78 is 15.2. The number of halogens is 1. The molecule has 0 aliphatic rings. The number of aryl methyl sites for hydroxylation is 1. The molecule has 1 atom stereocenters. The van der Waals surface area contributed by atoms with Gasteiger partial charge in [-0.05, 0) is 63.8 Å². The van der Waals surface area contributed by atoms with Crippen LogP contribution in [0.15, 0.2) is 60.7 Å². The fraction of sp³-hybridized carbons (Fsp3) is 0.261. The summed E-state index contributed by atoms with van der Waals surface area (Å²) in [5.74, 6) is -0.393. The summed E-state index contributed by atoms with van der Waals surface area (Å²) in [6, 6.07) is 18.0. The molecule has 0 saturated carbocycles. The molecule has 28 heavy (non-hydrogen) atoms. The van der Waals surface area contributed by atoms with Crippen molar-refractivity contribution in [3.05, 3.63) is 89.0 Å². The standard InChI is InChI=1S/C23H26FN3O/c1-16-14-21(17(2)27(16)20-12-10-19(24)11-13-20)23(28)25-22(15-26(3)4)18-8-6-5-7-9-18/h5-14,22H,15H2,1-4H3,(H,25,28). The zero-order chi connectivity index (χ0) is 20.3. The lowest BCUT2D eigenvalue weighted by Crippen LogP contribution is -2.35. The summed E-state index contributed by atoms with van der Waals surface area (Å²) in [4.78, 5) is 15.1. The van der Waals surface area contributed by atoms with Gasteiger partial charge in [-0.25, -0.2) is 4.39 Å². The second-order valence-electron chi connectivity index (χ2n) is 7.30. The quantitative estimate of drug-likeness (QED) is 0.695.